The summed E-state index contributed by atoms with van der Waals surface area (Å²) in [5.41, 5.74) is 4.33. The first-order valence-corrected chi connectivity index (χ1v) is 11.3. The second kappa shape index (κ2) is 8.68. The lowest BCUT2D eigenvalue weighted by Gasteiger charge is -2.34. The summed E-state index contributed by atoms with van der Waals surface area (Å²) >= 11 is 0. The van der Waals surface area contributed by atoms with E-state index in [9.17, 15) is 4.79 Å². The van der Waals surface area contributed by atoms with E-state index in [1.165, 1.54) is 16.7 Å². The molecule has 0 spiro atoms. The maximum atomic E-state index is 13.6. The number of rotatable bonds is 5. The molecule has 1 saturated heterocycles. The first kappa shape index (κ1) is 20.0. The highest BCUT2D eigenvalue weighted by molar-refractivity contribution is 5.85. The molecule has 0 bridgehead atoms. The van der Waals surface area contributed by atoms with E-state index in [1.54, 1.807) is 0 Å². The van der Waals surface area contributed by atoms with Gasteiger partial charge in [-0.15, -0.1) is 0 Å². The highest BCUT2D eigenvalue weighted by Crippen LogP contribution is 2.41. The Morgan fingerprint density at radius 1 is 0.806 bits per heavy atom. The Balaban J connectivity index is 1.27. The van der Waals surface area contributed by atoms with Crippen LogP contribution in [0.1, 0.15) is 35.1 Å². The molecule has 3 aromatic carbocycles. The molecule has 1 aliphatic heterocycles. The summed E-state index contributed by atoms with van der Waals surface area (Å²) in [6, 6.07) is 29.2. The van der Waals surface area contributed by atoms with Crippen molar-refractivity contribution in [3.63, 3.8) is 0 Å². The Hall–Kier alpha value is -2.91. The second-order valence-corrected chi connectivity index (χ2v) is 8.94. The van der Waals surface area contributed by atoms with E-state index in [2.05, 4.69) is 71.6 Å². The number of nitrogens with zero attached hydrogens (tertiary/aromatic N) is 1. The molecule has 0 N–H and O–H groups in total. The van der Waals surface area contributed by atoms with Gasteiger partial charge in [0.25, 0.3) is 0 Å². The van der Waals surface area contributed by atoms with Crippen molar-refractivity contribution < 1.29 is 9.53 Å². The van der Waals surface area contributed by atoms with E-state index < -0.39 is 5.41 Å². The van der Waals surface area contributed by atoms with Crippen LogP contribution in [0.4, 0.5) is 0 Å². The molecule has 31 heavy (non-hydrogen) atoms. The fourth-order valence-electron chi connectivity index (χ4n) is 5.13. The number of likely N-dealkylation sites (tertiary alicyclic amines) is 1. The molecule has 0 atom stereocenters. The Morgan fingerprint density at radius 2 is 1.35 bits per heavy atom. The predicted molar refractivity (Wildman–Crippen MR) is 123 cm³/mol. The largest absolute Gasteiger partial charge is 0.462 e. The molecule has 0 saturated carbocycles. The summed E-state index contributed by atoms with van der Waals surface area (Å²) in [6.45, 7) is 2.89. The maximum Gasteiger partial charge on any atom is 0.317 e. The molecule has 0 aromatic heterocycles. The predicted octanol–water partition coefficient (Wildman–Crippen LogP) is 4.93. The summed E-state index contributed by atoms with van der Waals surface area (Å²) < 4.78 is 6.20. The van der Waals surface area contributed by atoms with Gasteiger partial charge in [-0.1, -0.05) is 84.9 Å². The lowest BCUT2D eigenvalue weighted by molar-refractivity contribution is -0.158. The van der Waals surface area contributed by atoms with Crippen LogP contribution in [0.3, 0.4) is 0 Å². The number of piperidine rings is 1. The number of ether oxygens (including phenoxy) is 1. The van der Waals surface area contributed by atoms with Crippen molar-refractivity contribution in [3.05, 3.63) is 107 Å². The monoisotopic (exact) mass is 411 g/mol. The van der Waals surface area contributed by atoms with Crippen LogP contribution in [0.15, 0.2) is 84.9 Å². The Labute approximate surface area is 184 Å². The van der Waals surface area contributed by atoms with Crippen molar-refractivity contribution in [3.8, 4) is 0 Å². The maximum absolute atomic E-state index is 13.6. The van der Waals surface area contributed by atoms with Crippen molar-refractivity contribution >= 4 is 5.97 Å². The van der Waals surface area contributed by atoms with Gasteiger partial charge in [0.2, 0.25) is 0 Å². The third-order valence-corrected chi connectivity index (χ3v) is 6.88. The van der Waals surface area contributed by atoms with Gasteiger partial charge in [-0.3, -0.25) is 9.69 Å². The van der Waals surface area contributed by atoms with Gasteiger partial charge in [-0.25, -0.2) is 0 Å². The average Bonchev–Trinajstić information content (AvgIpc) is 3.23. The Bertz CT molecular complexity index is 998. The van der Waals surface area contributed by atoms with E-state index in [1.807, 2.05) is 18.2 Å². The molecule has 3 aromatic rings. The normalized spacial score (nSPS) is 18.5. The average molecular weight is 412 g/mol. The van der Waals surface area contributed by atoms with Gasteiger partial charge < -0.3 is 4.74 Å². The fraction of sp³-hybridized carbons (Fsp3) is 0.321. The van der Waals surface area contributed by atoms with Crippen molar-refractivity contribution in [1.29, 1.82) is 0 Å². The van der Waals surface area contributed by atoms with Gasteiger partial charge >= 0.3 is 5.97 Å². The minimum Gasteiger partial charge on any atom is -0.462 e. The highest BCUT2D eigenvalue weighted by atomic mass is 16.5. The van der Waals surface area contributed by atoms with Gasteiger partial charge in [0.15, 0.2) is 0 Å². The Morgan fingerprint density at radius 3 is 1.97 bits per heavy atom. The van der Waals surface area contributed by atoms with Crippen LogP contribution in [0.2, 0.25) is 0 Å². The smallest absolute Gasteiger partial charge is 0.317 e. The number of esters is 1. The van der Waals surface area contributed by atoms with Gasteiger partial charge in [0.05, 0.1) is 0 Å². The first-order chi connectivity index (χ1) is 15.2. The standard InChI is InChI=1S/C28H29NO2/c30-27(31-26-15-17-29(18-16-26)21-22-9-3-1-4-10-22)28(25-13-5-2-6-14-25)19-23-11-7-8-12-24(23)20-28/h1-14,26H,15-21H2. The molecule has 1 heterocycles. The lowest BCUT2D eigenvalue weighted by Crippen LogP contribution is -2.43. The third-order valence-electron chi connectivity index (χ3n) is 6.88. The van der Waals surface area contributed by atoms with E-state index >= 15 is 0 Å². The molecule has 3 nitrogen and oxygen atoms in total. The molecular formula is C28H29NO2. The fourth-order valence-corrected chi connectivity index (χ4v) is 5.13. The molecular weight excluding hydrogens is 382 g/mol. The summed E-state index contributed by atoms with van der Waals surface area (Å²) in [4.78, 5) is 16.1. The molecule has 0 radical (unpaired) electrons. The summed E-state index contributed by atoms with van der Waals surface area (Å²) in [6.07, 6.45) is 3.24. The number of hydrogen-bond donors (Lipinski definition) is 0. The van der Waals surface area contributed by atoms with Crippen LogP contribution in [0.25, 0.3) is 0 Å². The first-order valence-electron chi connectivity index (χ1n) is 11.3. The highest BCUT2D eigenvalue weighted by Gasteiger charge is 2.47. The molecule has 0 unspecified atom stereocenters. The van der Waals surface area contributed by atoms with Gasteiger partial charge in [0, 0.05) is 19.6 Å². The number of benzene rings is 3. The number of carbonyl (C=O) groups is 1. The van der Waals surface area contributed by atoms with Gasteiger partial charge in [0.1, 0.15) is 11.5 Å². The second-order valence-electron chi connectivity index (χ2n) is 8.94. The van der Waals surface area contributed by atoms with Crippen LogP contribution in [-0.2, 0) is 34.3 Å². The number of carbonyl (C=O) groups excluding carboxylic acids is 1. The molecule has 0 amide bonds. The SMILES string of the molecule is O=C(OC1CCN(Cc2ccccc2)CC1)C1(c2ccccc2)Cc2ccccc2C1. The third kappa shape index (κ3) is 4.15. The zero-order valence-electron chi connectivity index (χ0n) is 17.9. The summed E-state index contributed by atoms with van der Waals surface area (Å²) in [5.74, 6) is -0.0589. The minimum absolute atomic E-state index is 0.00354. The summed E-state index contributed by atoms with van der Waals surface area (Å²) in [5, 5.41) is 0. The number of hydrogen-bond acceptors (Lipinski definition) is 3. The quantitative estimate of drug-likeness (QED) is 0.558. The molecule has 3 heteroatoms. The van der Waals surface area contributed by atoms with Crippen LogP contribution >= 0.6 is 0 Å². The van der Waals surface area contributed by atoms with Crippen molar-refractivity contribution in [1.82, 2.24) is 4.90 Å². The molecule has 158 valence electrons. The van der Waals surface area contributed by atoms with Crippen LogP contribution in [-0.4, -0.2) is 30.1 Å². The van der Waals surface area contributed by atoms with Crippen molar-refractivity contribution in [2.45, 2.75) is 43.7 Å². The van der Waals surface area contributed by atoms with Crippen LogP contribution in [0.5, 0.6) is 0 Å². The minimum atomic E-state index is -0.605. The van der Waals surface area contributed by atoms with E-state index in [0.29, 0.717) is 0 Å². The molecule has 1 fully saturated rings. The number of fused-ring (bicyclic) bond motifs is 1. The van der Waals surface area contributed by atoms with E-state index in [0.717, 1.165) is 50.9 Å². The lowest BCUT2D eigenvalue weighted by atomic mass is 9.77. The topological polar surface area (TPSA) is 29.5 Å². The van der Waals surface area contributed by atoms with E-state index in [4.69, 9.17) is 4.74 Å². The molecule has 5 rings (SSSR count). The zero-order valence-corrected chi connectivity index (χ0v) is 17.9. The van der Waals surface area contributed by atoms with E-state index in [-0.39, 0.29) is 12.1 Å². The summed E-state index contributed by atoms with van der Waals surface area (Å²) in [7, 11) is 0. The van der Waals surface area contributed by atoms with Gasteiger partial charge in [-0.05, 0) is 47.9 Å². The van der Waals surface area contributed by atoms with Crippen molar-refractivity contribution in [2.24, 2.45) is 0 Å². The zero-order chi connectivity index (χ0) is 21.1. The molecule has 1 aliphatic carbocycles. The Kier molecular flexibility index (Phi) is 5.61. The molecule has 2 aliphatic rings. The van der Waals surface area contributed by atoms with Crippen LogP contribution < -0.4 is 0 Å². The van der Waals surface area contributed by atoms with Crippen LogP contribution in [0, 0.1) is 0 Å². The van der Waals surface area contributed by atoms with Crippen molar-refractivity contribution in [2.75, 3.05) is 13.1 Å². The van der Waals surface area contributed by atoms with Gasteiger partial charge in [-0.2, -0.15) is 0 Å².